The molecule has 2 aromatic rings. The van der Waals surface area contributed by atoms with E-state index in [1.807, 2.05) is 0 Å². The molecule has 0 unspecified atom stereocenters. The summed E-state index contributed by atoms with van der Waals surface area (Å²) in [5, 5.41) is 2.42. The van der Waals surface area contributed by atoms with Crippen LogP contribution in [0.15, 0.2) is 54.6 Å². The van der Waals surface area contributed by atoms with Gasteiger partial charge >= 0.3 is 0 Å². The van der Waals surface area contributed by atoms with E-state index in [9.17, 15) is 18.8 Å². The number of nitrogens with one attached hydrogen (secondary N) is 3. The van der Waals surface area contributed by atoms with E-state index in [1.54, 1.807) is 30.3 Å². The molecule has 0 aliphatic heterocycles. The molecule has 0 aliphatic carbocycles. The highest BCUT2D eigenvalue weighted by atomic mass is 19.1. The van der Waals surface area contributed by atoms with Gasteiger partial charge in [-0.25, -0.2) is 4.39 Å². The first-order chi connectivity index (χ1) is 12.0. The summed E-state index contributed by atoms with van der Waals surface area (Å²) >= 11 is 0. The Kier molecular flexibility index (Phi) is 6.47. The summed E-state index contributed by atoms with van der Waals surface area (Å²) in [6.45, 7) is -0.658. The lowest BCUT2D eigenvalue weighted by atomic mass is 10.2. The van der Waals surface area contributed by atoms with Crippen LogP contribution in [0.5, 0.6) is 5.75 Å². The first-order valence-electron chi connectivity index (χ1n) is 7.34. The van der Waals surface area contributed by atoms with Crippen LogP contribution in [0.1, 0.15) is 10.4 Å². The van der Waals surface area contributed by atoms with Crippen LogP contribution in [0.25, 0.3) is 0 Å². The number of rotatable bonds is 6. The molecule has 0 fully saturated rings. The molecule has 0 bridgehead atoms. The molecule has 7 nitrogen and oxygen atoms in total. The van der Waals surface area contributed by atoms with Crippen LogP contribution in [0, 0.1) is 5.82 Å². The van der Waals surface area contributed by atoms with Gasteiger partial charge in [0.15, 0.2) is 6.61 Å². The number of benzene rings is 2. The summed E-state index contributed by atoms with van der Waals surface area (Å²) in [6, 6.07) is 13.6. The Hall–Kier alpha value is -3.42. The van der Waals surface area contributed by atoms with Crippen molar-refractivity contribution in [3.8, 4) is 5.75 Å². The van der Waals surface area contributed by atoms with E-state index >= 15 is 0 Å². The molecule has 130 valence electrons. The SMILES string of the molecule is O=C(CNC(=O)c1ccccc1)NNC(=O)COc1ccc(F)cc1. The molecule has 0 heterocycles. The number of hydrogen-bond acceptors (Lipinski definition) is 4. The Balaban J connectivity index is 1.64. The minimum absolute atomic E-state index is 0.299. The second-order valence-corrected chi connectivity index (χ2v) is 4.89. The number of carbonyl (C=O) groups excluding carboxylic acids is 3. The highest BCUT2D eigenvalue weighted by Crippen LogP contribution is 2.10. The third kappa shape index (κ3) is 6.30. The lowest BCUT2D eigenvalue weighted by Gasteiger charge is -2.09. The molecule has 0 aliphatic rings. The molecule has 25 heavy (non-hydrogen) atoms. The van der Waals surface area contributed by atoms with Crippen LogP contribution >= 0.6 is 0 Å². The van der Waals surface area contributed by atoms with Gasteiger partial charge in [0.25, 0.3) is 17.7 Å². The first-order valence-corrected chi connectivity index (χ1v) is 7.34. The predicted octanol–water partition coefficient (Wildman–Crippen LogP) is 0.782. The molecular weight excluding hydrogens is 329 g/mol. The molecule has 2 rings (SSSR count). The van der Waals surface area contributed by atoms with Gasteiger partial charge in [0.1, 0.15) is 11.6 Å². The Morgan fingerprint density at radius 3 is 2.20 bits per heavy atom. The van der Waals surface area contributed by atoms with Crippen molar-refractivity contribution in [3.63, 3.8) is 0 Å². The van der Waals surface area contributed by atoms with Gasteiger partial charge in [-0.05, 0) is 36.4 Å². The van der Waals surface area contributed by atoms with E-state index in [0.717, 1.165) is 0 Å². The second-order valence-electron chi connectivity index (χ2n) is 4.89. The van der Waals surface area contributed by atoms with Crippen molar-refractivity contribution in [1.82, 2.24) is 16.2 Å². The van der Waals surface area contributed by atoms with Crippen molar-refractivity contribution in [1.29, 1.82) is 0 Å². The summed E-state index contributed by atoms with van der Waals surface area (Å²) in [5.74, 6) is -1.70. The van der Waals surface area contributed by atoms with Crippen molar-refractivity contribution >= 4 is 17.7 Å². The normalized spacial score (nSPS) is 9.80. The van der Waals surface area contributed by atoms with Gasteiger partial charge in [0.2, 0.25) is 0 Å². The number of ether oxygens (including phenoxy) is 1. The lowest BCUT2D eigenvalue weighted by Crippen LogP contribution is -2.47. The molecule has 0 aromatic heterocycles. The summed E-state index contributed by atoms with van der Waals surface area (Å²) < 4.78 is 17.8. The fourth-order valence-corrected chi connectivity index (χ4v) is 1.75. The molecule has 2 aromatic carbocycles. The van der Waals surface area contributed by atoms with E-state index in [1.165, 1.54) is 24.3 Å². The van der Waals surface area contributed by atoms with Crippen molar-refractivity contribution in [2.24, 2.45) is 0 Å². The van der Waals surface area contributed by atoms with Crippen molar-refractivity contribution in [2.75, 3.05) is 13.2 Å². The van der Waals surface area contributed by atoms with Gasteiger partial charge in [0.05, 0.1) is 6.54 Å². The molecular formula is C17H16FN3O4. The topological polar surface area (TPSA) is 96.5 Å². The monoisotopic (exact) mass is 345 g/mol. The average molecular weight is 345 g/mol. The predicted molar refractivity (Wildman–Crippen MR) is 87.0 cm³/mol. The molecule has 3 amide bonds. The van der Waals surface area contributed by atoms with Gasteiger partial charge in [-0.2, -0.15) is 0 Å². The summed E-state index contributed by atoms with van der Waals surface area (Å²) in [6.07, 6.45) is 0. The largest absolute Gasteiger partial charge is 0.484 e. The number of hydrazine groups is 1. The highest BCUT2D eigenvalue weighted by Gasteiger charge is 2.09. The van der Waals surface area contributed by atoms with Gasteiger partial charge in [0, 0.05) is 5.56 Å². The van der Waals surface area contributed by atoms with E-state index in [4.69, 9.17) is 4.74 Å². The third-order valence-corrected chi connectivity index (χ3v) is 2.97. The molecule has 0 saturated carbocycles. The number of carbonyl (C=O) groups is 3. The summed E-state index contributed by atoms with van der Waals surface area (Å²) in [5.41, 5.74) is 4.70. The Labute approximate surface area is 143 Å². The molecule has 0 saturated heterocycles. The van der Waals surface area contributed by atoms with Crippen LogP contribution in [-0.2, 0) is 9.59 Å². The van der Waals surface area contributed by atoms with Crippen molar-refractivity contribution in [2.45, 2.75) is 0 Å². The minimum atomic E-state index is -0.605. The van der Waals surface area contributed by atoms with Gasteiger partial charge in [-0.15, -0.1) is 0 Å². The van der Waals surface area contributed by atoms with Crippen LogP contribution in [0.4, 0.5) is 4.39 Å². The van der Waals surface area contributed by atoms with E-state index < -0.39 is 23.5 Å². The quantitative estimate of drug-likeness (QED) is 0.674. The molecule has 0 atom stereocenters. The number of hydrogen-bond donors (Lipinski definition) is 3. The number of halogens is 1. The standard InChI is InChI=1S/C17H16FN3O4/c18-13-6-8-14(9-7-13)25-11-16(23)21-20-15(22)10-19-17(24)12-4-2-1-3-5-12/h1-9H,10-11H2,(H,19,24)(H,20,22)(H,21,23). The smallest absolute Gasteiger partial charge is 0.276 e. The molecule has 8 heteroatoms. The minimum Gasteiger partial charge on any atom is -0.484 e. The van der Waals surface area contributed by atoms with Gasteiger partial charge in [-0.1, -0.05) is 18.2 Å². The maximum absolute atomic E-state index is 12.7. The summed E-state index contributed by atoms with van der Waals surface area (Å²) in [7, 11) is 0. The maximum Gasteiger partial charge on any atom is 0.276 e. The van der Waals surface area contributed by atoms with E-state index in [0.29, 0.717) is 11.3 Å². The average Bonchev–Trinajstić information content (AvgIpc) is 2.64. The lowest BCUT2D eigenvalue weighted by molar-refractivity contribution is -0.129. The Morgan fingerprint density at radius 2 is 1.52 bits per heavy atom. The zero-order valence-electron chi connectivity index (χ0n) is 13.1. The molecule has 0 radical (unpaired) electrons. The van der Waals surface area contributed by atoms with Crippen molar-refractivity contribution < 1.29 is 23.5 Å². The zero-order chi connectivity index (χ0) is 18.1. The van der Waals surface area contributed by atoms with Crippen LogP contribution in [0.3, 0.4) is 0 Å². The Bertz CT molecular complexity index is 735. The Morgan fingerprint density at radius 1 is 0.880 bits per heavy atom. The zero-order valence-corrected chi connectivity index (χ0v) is 13.1. The third-order valence-electron chi connectivity index (χ3n) is 2.97. The van der Waals surface area contributed by atoms with Crippen LogP contribution in [0.2, 0.25) is 0 Å². The fourth-order valence-electron chi connectivity index (χ4n) is 1.75. The van der Waals surface area contributed by atoms with E-state index in [2.05, 4.69) is 16.2 Å². The number of amides is 3. The fraction of sp³-hybridized carbons (Fsp3) is 0.118. The van der Waals surface area contributed by atoms with Gasteiger partial charge < -0.3 is 10.1 Å². The van der Waals surface area contributed by atoms with Gasteiger partial charge in [-0.3, -0.25) is 25.2 Å². The van der Waals surface area contributed by atoms with Crippen LogP contribution < -0.4 is 20.9 Å². The van der Waals surface area contributed by atoms with Crippen LogP contribution in [-0.4, -0.2) is 30.9 Å². The molecule has 0 spiro atoms. The van der Waals surface area contributed by atoms with E-state index in [-0.39, 0.29) is 13.2 Å². The molecule has 3 N–H and O–H groups in total. The second kappa shape index (κ2) is 9.02. The van der Waals surface area contributed by atoms with Crippen molar-refractivity contribution in [3.05, 3.63) is 66.0 Å². The maximum atomic E-state index is 12.7. The highest BCUT2D eigenvalue weighted by molar-refractivity contribution is 5.96. The first kappa shape index (κ1) is 17.9. The summed E-state index contributed by atoms with van der Waals surface area (Å²) in [4.78, 5) is 34.9.